The molecule has 2 nitrogen and oxygen atoms in total. The Kier molecular flexibility index (Phi) is 5.17. The molecule has 0 spiro atoms. The summed E-state index contributed by atoms with van der Waals surface area (Å²) in [6.45, 7) is 8.89. The minimum atomic E-state index is 0.454. The third-order valence-electron chi connectivity index (χ3n) is 3.79. The Morgan fingerprint density at radius 1 is 1.32 bits per heavy atom. The van der Waals surface area contributed by atoms with Gasteiger partial charge in [0.2, 0.25) is 0 Å². The predicted molar refractivity (Wildman–Crippen MR) is 83.1 cm³/mol. The van der Waals surface area contributed by atoms with Crippen LogP contribution >= 0.6 is 11.9 Å². The van der Waals surface area contributed by atoms with Crippen LogP contribution < -0.4 is 4.74 Å². The maximum Gasteiger partial charge on any atom is 0.118 e. The largest absolute Gasteiger partial charge is 0.497 e. The second kappa shape index (κ2) is 6.67. The van der Waals surface area contributed by atoms with Crippen molar-refractivity contribution in [3.63, 3.8) is 0 Å². The summed E-state index contributed by atoms with van der Waals surface area (Å²) in [4.78, 5) is 0. The Morgan fingerprint density at radius 2 is 2.00 bits per heavy atom. The first-order valence-electron chi connectivity index (χ1n) is 6.99. The molecular weight excluding hydrogens is 254 g/mol. The summed E-state index contributed by atoms with van der Waals surface area (Å²) in [7, 11) is 1.70. The minimum absolute atomic E-state index is 0.454. The number of benzene rings is 1. The first-order chi connectivity index (χ1) is 9.11. The van der Waals surface area contributed by atoms with E-state index in [1.165, 1.54) is 18.4 Å². The highest BCUT2D eigenvalue weighted by Gasteiger charge is 2.32. The molecule has 1 saturated heterocycles. The van der Waals surface area contributed by atoms with Crippen LogP contribution in [0.4, 0.5) is 0 Å². The standard InChI is InChI=1S/C16H24NOS/c1-12(2)16-10-5-13(3)17(16)19-11-14-6-8-15(18-4)9-7-14/h6-9,12-13,16H,3,5,10-11H2,1-2,4H3/t13-,16-/m1/s1. The van der Waals surface area contributed by atoms with Crippen molar-refractivity contribution in [2.75, 3.05) is 7.11 Å². The molecule has 0 bridgehead atoms. The lowest BCUT2D eigenvalue weighted by Gasteiger charge is -2.29. The molecule has 0 aromatic heterocycles. The highest BCUT2D eigenvalue weighted by Crippen LogP contribution is 2.35. The van der Waals surface area contributed by atoms with E-state index < -0.39 is 0 Å². The molecule has 1 aromatic rings. The van der Waals surface area contributed by atoms with Crippen LogP contribution in [0.15, 0.2) is 24.3 Å². The van der Waals surface area contributed by atoms with Crippen molar-refractivity contribution in [3.05, 3.63) is 36.8 Å². The van der Waals surface area contributed by atoms with Gasteiger partial charge in [-0.1, -0.05) is 37.9 Å². The molecule has 2 atom stereocenters. The van der Waals surface area contributed by atoms with Crippen LogP contribution in [0, 0.1) is 12.8 Å². The van der Waals surface area contributed by atoms with E-state index in [1.54, 1.807) is 7.11 Å². The molecule has 3 heteroatoms. The number of ether oxygens (including phenoxy) is 1. The summed E-state index contributed by atoms with van der Waals surface area (Å²) in [6, 6.07) is 9.47. The summed E-state index contributed by atoms with van der Waals surface area (Å²) in [5, 5.41) is 0. The van der Waals surface area contributed by atoms with E-state index >= 15 is 0 Å². The van der Waals surface area contributed by atoms with Gasteiger partial charge in [-0.15, -0.1) is 0 Å². The predicted octanol–water partition coefficient (Wildman–Crippen LogP) is 4.17. The average Bonchev–Trinajstić information content (AvgIpc) is 2.78. The molecule has 1 aliphatic rings. The topological polar surface area (TPSA) is 12.5 Å². The van der Waals surface area contributed by atoms with E-state index in [9.17, 15) is 0 Å². The average molecular weight is 278 g/mol. The molecule has 0 amide bonds. The maximum absolute atomic E-state index is 5.19. The van der Waals surface area contributed by atoms with Crippen molar-refractivity contribution in [2.45, 2.75) is 44.5 Å². The number of nitrogens with zero attached hydrogens (tertiary/aromatic N) is 1. The van der Waals surface area contributed by atoms with Crippen molar-refractivity contribution >= 4 is 11.9 Å². The van der Waals surface area contributed by atoms with E-state index in [0.29, 0.717) is 18.0 Å². The summed E-state index contributed by atoms with van der Waals surface area (Å²) in [6.07, 6.45) is 2.50. The third kappa shape index (κ3) is 3.67. The SMILES string of the molecule is [CH2][C@@H]1CC[C@H](C(C)C)N1SCc1ccc(OC)cc1. The van der Waals surface area contributed by atoms with E-state index in [0.717, 1.165) is 11.5 Å². The second-order valence-corrected chi connectivity index (χ2v) is 6.49. The van der Waals surface area contributed by atoms with Gasteiger partial charge in [0.15, 0.2) is 0 Å². The van der Waals surface area contributed by atoms with Crippen LogP contribution in [0.5, 0.6) is 5.75 Å². The quantitative estimate of drug-likeness (QED) is 0.750. The molecule has 0 aliphatic carbocycles. The van der Waals surface area contributed by atoms with Gasteiger partial charge in [0.25, 0.3) is 0 Å². The Labute approximate surface area is 121 Å². The van der Waals surface area contributed by atoms with Gasteiger partial charge in [0.05, 0.1) is 7.11 Å². The second-order valence-electron chi connectivity index (χ2n) is 5.52. The van der Waals surface area contributed by atoms with Crippen molar-refractivity contribution in [1.82, 2.24) is 4.31 Å². The molecule has 0 unspecified atom stereocenters. The molecule has 1 aliphatic heterocycles. The fourth-order valence-corrected chi connectivity index (χ4v) is 3.93. The van der Waals surface area contributed by atoms with Gasteiger partial charge in [0.1, 0.15) is 5.75 Å². The van der Waals surface area contributed by atoms with Crippen LogP contribution in [0.25, 0.3) is 0 Å². The molecule has 1 radical (unpaired) electrons. The number of methoxy groups -OCH3 is 1. The maximum atomic E-state index is 5.19. The minimum Gasteiger partial charge on any atom is -0.497 e. The molecule has 0 N–H and O–H groups in total. The lowest BCUT2D eigenvalue weighted by Crippen LogP contribution is -2.32. The van der Waals surface area contributed by atoms with Gasteiger partial charge >= 0.3 is 0 Å². The lowest BCUT2D eigenvalue weighted by atomic mass is 10.0. The zero-order valence-corrected chi connectivity index (χ0v) is 13.0. The Balaban J connectivity index is 1.92. The van der Waals surface area contributed by atoms with Crippen LogP contribution in [-0.4, -0.2) is 23.5 Å². The van der Waals surface area contributed by atoms with Gasteiger partial charge in [-0.2, -0.15) is 0 Å². The van der Waals surface area contributed by atoms with Crippen LogP contribution in [-0.2, 0) is 5.75 Å². The molecular formula is C16H24NOS. The number of hydrogen-bond acceptors (Lipinski definition) is 3. The first kappa shape index (κ1) is 14.7. The number of rotatable bonds is 5. The fraction of sp³-hybridized carbons (Fsp3) is 0.562. The molecule has 1 fully saturated rings. The summed E-state index contributed by atoms with van der Waals surface area (Å²) in [5.74, 6) is 2.64. The summed E-state index contributed by atoms with van der Waals surface area (Å²) >= 11 is 1.93. The highest BCUT2D eigenvalue weighted by molar-refractivity contribution is 7.96. The molecule has 105 valence electrons. The summed E-state index contributed by atoms with van der Waals surface area (Å²) < 4.78 is 7.69. The van der Waals surface area contributed by atoms with E-state index in [2.05, 4.69) is 37.2 Å². The van der Waals surface area contributed by atoms with E-state index in [-0.39, 0.29) is 0 Å². The highest BCUT2D eigenvalue weighted by atomic mass is 32.2. The Hall–Kier alpha value is -0.670. The van der Waals surface area contributed by atoms with Gasteiger partial charge in [0, 0.05) is 17.8 Å². The Morgan fingerprint density at radius 3 is 2.58 bits per heavy atom. The van der Waals surface area contributed by atoms with E-state index in [4.69, 9.17) is 4.74 Å². The normalized spacial score (nSPS) is 24.1. The van der Waals surface area contributed by atoms with E-state index in [1.807, 2.05) is 24.1 Å². The first-order valence-corrected chi connectivity index (χ1v) is 7.93. The van der Waals surface area contributed by atoms with Crippen molar-refractivity contribution in [2.24, 2.45) is 5.92 Å². The monoisotopic (exact) mass is 278 g/mol. The van der Waals surface area contributed by atoms with Crippen LogP contribution in [0.1, 0.15) is 32.3 Å². The molecule has 1 heterocycles. The van der Waals surface area contributed by atoms with Crippen LogP contribution in [0.2, 0.25) is 0 Å². The van der Waals surface area contributed by atoms with Crippen molar-refractivity contribution in [1.29, 1.82) is 0 Å². The Bertz CT molecular complexity index is 390. The molecule has 1 aromatic carbocycles. The van der Waals surface area contributed by atoms with Crippen LogP contribution in [0.3, 0.4) is 0 Å². The number of hydrogen-bond donors (Lipinski definition) is 0. The van der Waals surface area contributed by atoms with Gasteiger partial charge in [-0.05, 0) is 43.4 Å². The molecule has 0 saturated carbocycles. The zero-order valence-electron chi connectivity index (χ0n) is 12.1. The molecule has 2 rings (SSSR count). The third-order valence-corrected chi connectivity index (χ3v) is 5.12. The zero-order chi connectivity index (χ0) is 13.8. The van der Waals surface area contributed by atoms with Crippen molar-refractivity contribution < 1.29 is 4.74 Å². The lowest BCUT2D eigenvalue weighted by molar-refractivity contribution is 0.317. The van der Waals surface area contributed by atoms with Crippen molar-refractivity contribution in [3.8, 4) is 5.75 Å². The van der Waals surface area contributed by atoms with Gasteiger partial charge in [-0.3, -0.25) is 0 Å². The molecule has 19 heavy (non-hydrogen) atoms. The fourth-order valence-electron chi connectivity index (χ4n) is 2.59. The van der Waals surface area contributed by atoms with Gasteiger partial charge in [-0.25, -0.2) is 4.31 Å². The summed E-state index contributed by atoms with van der Waals surface area (Å²) in [5.41, 5.74) is 1.34. The van der Waals surface area contributed by atoms with Gasteiger partial charge < -0.3 is 4.74 Å². The smallest absolute Gasteiger partial charge is 0.118 e.